The molecule has 2 aromatic carbocycles. The Bertz CT molecular complexity index is 826. The van der Waals surface area contributed by atoms with E-state index in [4.69, 9.17) is 4.74 Å². The molecule has 0 radical (unpaired) electrons. The molecular formula is C21H26N2O2. The SMILES string of the molecule is CCCC(O)c1nc2ccccc2n1CCCOc1ccccc1C. The molecule has 0 fully saturated rings. The highest BCUT2D eigenvalue weighted by Crippen LogP contribution is 2.24. The molecule has 1 heterocycles. The Morgan fingerprint density at radius 1 is 1.12 bits per heavy atom. The van der Waals surface area contributed by atoms with Gasteiger partial charge in [0.05, 0.1) is 17.6 Å². The van der Waals surface area contributed by atoms with E-state index in [-0.39, 0.29) is 0 Å². The van der Waals surface area contributed by atoms with Crippen LogP contribution in [0.4, 0.5) is 0 Å². The van der Waals surface area contributed by atoms with Gasteiger partial charge in [0.2, 0.25) is 0 Å². The second-order valence-electron chi connectivity index (χ2n) is 6.38. The minimum atomic E-state index is -0.519. The molecule has 0 saturated heterocycles. The second-order valence-corrected chi connectivity index (χ2v) is 6.38. The number of benzene rings is 2. The van der Waals surface area contributed by atoms with Crippen molar-refractivity contribution in [2.75, 3.05) is 6.61 Å². The second kappa shape index (κ2) is 8.17. The maximum Gasteiger partial charge on any atom is 0.138 e. The van der Waals surface area contributed by atoms with Crippen LogP contribution in [-0.2, 0) is 6.54 Å². The maximum atomic E-state index is 10.5. The topological polar surface area (TPSA) is 47.3 Å². The fraction of sp³-hybridized carbons (Fsp3) is 0.381. The molecule has 25 heavy (non-hydrogen) atoms. The van der Waals surface area contributed by atoms with Crippen LogP contribution in [0, 0.1) is 6.92 Å². The molecule has 3 aromatic rings. The van der Waals surface area contributed by atoms with Gasteiger partial charge in [0, 0.05) is 6.54 Å². The summed E-state index contributed by atoms with van der Waals surface area (Å²) in [7, 11) is 0. The molecule has 0 aliphatic heterocycles. The number of hydrogen-bond donors (Lipinski definition) is 1. The van der Waals surface area contributed by atoms with E-state index in [1.807, 2.05) is 36.4 Å². The summed E-state index contributed by atoms with van der Waals surface area (Å²) < 4.78 is 8.03. The van der Waals surface area contributed by atoms with Crippen molar-refractivity contribution in [3.05, 3.63) is 59.9 Å². The molecule has 0 bridgehead atoms. The van der Waals surface area contributed by atoms with Crippen molar-refractivity contribution >= 4 is 11.0 Å². The molecule has 0 aliphatic rings. The highest BCUT2D eigenvalue weighted by Gasteiger charge is 2.17. The van der Waals surface area contributed by atoms with E-state index < -0.39 is 6.10 Å². The van der Waals surface area contributed by atoms with Gasteiger partial charge in [-0.15, -0.1) is 0 Å². The number of hydrogen-bond acceptors (Lipinski definition) is 3. The molecule has 1 unspecified atom stereocenters. The fourth-order valence-corrected chi connectivity index (χ4v) is 3.11. The predicted octanol–water partition coefficient (Wildman–Crippen LogP) is 4.65. The lowest BCUT2D eigenvalue weighted by Gasteiger charge is -2.14. The molecule has 1 atom stereocenters. The third-order valence-corrected chi connectivity index (χ3v) is 4.42. The Morgan fingerprint density at radius 2 is 1.88 bits per heavy atom. The first-order chi connectivity index (χ1) is 12.2. The summed E-state index contributed by atoms with van der Waals surface area (Å²) in [6.07, 6.45) is 2.00. The van der Waals surface area contributed by atoms with Crippen LogP contribution < -0.4 is 4.74 Å². The quantitative estimate of drug-likeness (QED) is 0.608. The van der Waals surface area contributed by atoms with Gasteiger partial charge in [-0.05, 0) is 43.5 Å². The van der Waals surface area contributed by atoms with E-state index in [9.17, 15) is 5.11 Å². The van der Waals surface area contributed by atoms with Crippen molar-refractivity contribution < 1.29 is 9.84 Å². The van der Waals surface area contributed by atoms with Crippen LogP contribution in [0.2, 0.25) is 0 Å². The minimum absolute atomic E-state index is 0.519. The van der Waals surface area contributed by atoms with Crippen LogP contribution in [0.5, 0.6) is 5.75 Å². The molecule has 1 aromatic heterocycles. The first kappa shape index (κ1) is 17.5. The van der Waals surface area contributed by atoms with Crippen LogP contribution in [0.15, 0.2) is 48.5 Å². The Hall–Kier alpha value is -2.33. The zero-order valence-corrected chi connectivity index (χ0v) is 15.0. The molecule has 3 rings (SSSR count). The number of aliphatic hydroxyl groups excluding tert-OH is 1. The van der Waals surface area contributed by atoms with Crippen LogP contribution >= 0.6 is 0 Å². The van der Waals surface area contributed by atoms with E-state index in [0.29, 0.717) is 6.61 Å². The normalized spacial score (nSPS) is 12.4. The molecule has 0 amide bonds. The molecule has 4 heteroatoms. The van der Waals surface area contributed by atoms with Crippen molar-refractivity contribution in [3.63, 3.8) is 0 Å². The number of imidazole rings is 1. The van der Waals surface area contributed by atoms with E-state index in [0.717, 1.165) is 54.0 Å². The average Bonchev–Trinajstić information content (AvgIpc) is 2.99. The van der Waals surface area contributed by atoms with E-state index in [1.165, 1.54) is 0 Å². The standard InChI is InChI=1S/C21H26N2O2/c1-3-9-19(24)21-22-17-11-5-6-12-18(17)23(21)14-8-15-25-20-13-7-4-10-16(20)2/h4-7,10-13,19,24H,3,8-9,14-15H2,1-2H3. The number of rotatable bonds is 8. The Morgan fingerprint density at radius 3 is 2.68 bits per heavy atom. The monoisotopic (exact) mass is 338 g/mol. The third kappa shape index (κ3) is 4.02. The van der Waals surface area contributed by atoms with Crippen LogP contribution in [0.25, 0.3) is 11.0 Å². The Balaban J connectivity index is 1.71. The van der Waals surface area contributed by atoms with Gasteiger partial charge in [-0.2, -0.15) is 0 Å². The predicted molar refractivity (Wildman–Crippen MR) is 101 cm³/mol. The van der Waals surface area contributed by atoms with Gasteiger partial charge >= 0.3 is 0 Å². The largest absolute Gasteiger partial charge is 0.493 e. The van der Waals surface area contributed by atoms with E-state index in [2.05, 4.69) is 35.5 Å². The number of nitrogens with zero attached hydrogens (tertiary/aromatic N) is 2. The van der Waals surface area contributed by atoms with Crippen molar-refractivity contribution in [3.8, 4) is 5.75 Å². The Kier molecular flexibility index (Phi) is 5.71. The summed E-state index contributed by atoms with van der Waals surface area (Å²) in [5.74, 6) is 1.70. The third-order valence-electron chi connectivity index (χ3n) is 4.42. The van der Waals surface area contributed by atoms with Gasteiger partial charge < -0.3 is 14.4 Å². The van der Waals surface area contributed by atoms with Gasteiger partial charge in [-0.1, -0.05) is 43.7 Å². The summed E-state index contributed by atoms with van der Waals surface area (Å²) >= 11 is 0. The van der Waals surface area contributed by atoms with Crippen molar-refractivity contribution in [2.24, 2.45) is 0 Å². The first-order valence-corrected chi connectivity index (χ1v) is 9.02. The number of ether oxygens (including phenoxy) is 1. The van der Waals surface area contributed by atoms with Gasteiger partial charge in [0.1, 0.15) is 17.7 Å². The Labute approximate surface area is 149 Å². The van der Waals surface area contributed by atoms with Crippen LogP contribution in [0.3, 0.4) is 0 Å². The highest BCUT2D eigenvalue weighted by molar-refractivity contribution is 5.76. The van der Waals surface area contributed by atoms with Gasteiger partial charge in [-0.3, -0.25) is 0 Å². The van der Waals surface area contributed by atoms with Crippen molar-refractivity contribution in [1.29, 1.82) is 0 Å². The van der Waals surface area contributed by atoms with Crippen molar-refractivity contribution in [1.82, 2.24) is 9.55 Å². The summed E-state index contributed by atoms with van der Waals surface area (Å²) in [5.41, 5.74) is 3.16. The van der Waals surface area contributed by atoms with Crippen LogP contribution in [0.1, 0.15) is 43.7 Å². The highest BCUT2D eigenvalue weighted by atomic mass is 16.5. The lowest BCUT2D eigenvalue weighted by molar-refractivity contribution is 0.152. The molecule has 132 valence electrons. The van der Waals surface area contributed by atoms with Gasteiger partial charge in [0.25, 0.3) is 0 Å². The van der Waals surface area contributed by atoms with Crippen molar-refractivity contribution in [2.45, 2.75) is 45.8 Å². The summed E-state index contributed by atoms with van der Waals surface area (Å²) in [5, 5.41) is 10.5. The lowest BCUT2D eigenvalue weighted by atomic mass is 10.2. The first-order valence-electron chi connectivity index (χ1n) is 9.02. The van der Waals surface area contributed by atoms with E-state index in [1.54, 1.807) is 0 Å². The molecule has 0 aliphatic carbocycles. The minimum Gasteiger partial charge on any atom is -0.493 e. The van der Waals surface area contributed by atoms with Crippen LogP contribution in [-0.4, -0.2) is 21.3 Å². The van der Waals surface area contributed by atoms with E-state index >= 15 is 0 Å². The lowest BCUT2D eigenvalue weighted by Crippen LogP contribution is -2.11. The number of aryl methyl sites for hydroxylation is 2. The zero-order valence-electron chi connectivity index (χ0n) is 15.0. The van der Waals surface area contributed by atoms with Gasteiger partial charge in [-0.25, -0.2) is 4.98 Å². The summed E-state index contributed by atoms with van der Waals surface area (Å²) in [4.78, 5) is 4.65. The summed E-state index contributed by atoms with van der Waals surface area (Å²) in [6, 6.07) is 16.1. The molecular weight excluding hydrogens is 312 g/mol. The zero-order chi connectivity index (χ0) is 17.6. The van der Waals surface area contributed by atoms with Gasteiger partial charge in [0.15, 0.2) is 0 Å². The summed E-state index contributed by atoms with van der Waals surface area (Å²) in [6.45, 7) is 5.55. The number of fused-ring (bicyclic) bond motifs is 1. The molecule has 0 saturated carbocycles. The fourth-order valence-electron chi connectivity index (χ4n) is 3.11. The number of aromatic nitrogens is 2. The average molecular weight is 338 g/mol. The molecule has 1 N–H and O–H groups in total. The number of para-hydroxylation sites is 3. The maximum absolute atomic E-state index is 10.5. The molecule has 4 nitrogen and oxygen atoms in total. The number of aliphatic hydroxyl groups is 1. The smallest absolute Gasteiger partial charge is 0.138 e. The molecule has 0 spiro atoms.